The van der Waals surface area contributed by atoms with E-state index >= 15 is 0 Å². The summed E-state index contributed by atoms with van der Waals surface area (Å²) in [5.74, 6) is -0.100. The first-order valence-electron chi connectivity index (χ1n) is 7.51. The largest absolute Gasteiger partial charge is 0.331 e. The Morgan fingerprint density at radius 1 is 1.20 bits per heavy atom. The molecule has 0 fully saturated rings. The highest BCUT2D eigenvalue weighted by atomic mass is 32.2. The van der Waals surface area contributed by atoms with E-state index in [1.54, 1.807) is 29.9 Å². The Bertz CT molecular complexity index is 966. The van der Waals surface area contributed by atoms with Gasteiger partial charge in [0.1, 0.15) is 0 Å². The Labute approximate surface area is 148 Å². The van der Waals surface area contributed by atoms with Crippen molar-refractivity contribution in [3.63, 3.8) is 0 Å². The summed E-state index contributed by atoms with van der Waals surface area (Å²) in [6.07, 6.45) is 3.17. The molecule has 0 aliphatic heterocycles. The van der Waals surface area contributed by atoms with Crippen LogP contribution in [0.25, 0.3) is 0 Å². The van der Waals surface area contributed by atoms with Gasteiger partial charge in [-0.05, 0) is 30.7 Å². The molecule has 0 aliphatic carbocycles. The number of carbonyl (C=O) groups excluding carboxylic acids is 1. The van der Waals surface area contributed by atoms with Crippen molar-refractivity contribution < 1.29 is 9.72 Å². The lowest BCUT2D eigenvalue weighted by Crippen LogP contribution is -2.09. The highest BCUT2D eigenvalue weighted by Gasteiger charge is 2.21. The first-order valence-corrected chi connectivity index (χ1v) is 8.33. The number of ketones is 1. The fourth-order valence-electron chi connectivity index (χ4n) is 2.39. The van der Waals surface area contributed by atoms with Crippen LogP contribution in [-0.4, -0.2) is 20.3 Å². The lowest BCUT2D eigenvalue weighted by molar-refractivity contribution is -0.387. The van der Waals surface area contributed by atoms with Gasteiger partial charge in [0.15, 0.2) is 5.82 Å². The molecular formula is C18H15N3O3S. The van der Waals surface area contributed by atoms with Crippen molar-refractivity contribution in [1.82, 2.24) is 9.55 Å². The molecule has 3 rings (SSSR count). The van der Waals surface area contributed by atoms with Crippen LogP contribution in [-0.2, 0) is 7.05 Å². The lowest BCUT2D eigenvalue weighted by Gasteiger charge is -2.07. The summed E-state index contributed by atoms with van der Waals surface area (Å²) in [5, 5.41) is 11.5. The predicted molar refractivity (Wildman–Crippen MR) is 95.0 cm³/mol. The number of carbonyl (C=O) groups is 1. The van der Waals surface area contributed by atoms with E-state index in [1.165, 1.54) is 24.0 Å². The van der Waals surface area contributed by atoms with Crippen LogP contribution in [0.3, 0.4) is 0 Å². The van der Waals surface area contributed by atoms with Crippen LogP contribution in [0.1, 0.15) is 21.7 Å². The van der Waals surface area contributed by atoms with Crippen molar-refractivity contribution in [2.75, 3.05) is 0 Å². The fourth-order valence-corrected chi connectivity index (χ4v) is 3.38. The number of nitro benzene ring substituents is 1. The zero-order valence-corrected chi connectivity index (χ0v) is 14.5. The molecule has 0 atom stereocenters. The lowest BCUT2D eigenvalue weighted by atomic mass is 10.1. The maximum absolute atomic E-state index is 12.5. The van der Waals surface area contributed by atoms with Crippen molar-refractivity contribution in [2.24, 2.45) is 7.05 Å². The second-order valence-corrected chi connectivity index (χ2v) is 6.58. The summed E-state index contributed by atoms with van der Waals surface area (Å²) in [7, 11) is 1.71. The van der Waals surface area contributed by atoms with E-state index in [2.05, 4.69) is 4.98 Å². The minimum Gasteiger partial charge on any atom is -0.331 e. The number of aromatic nitrogens is 2. The maximum atomic E-state index is 12.5. The van der Waals surface area contributed by atoms with Gasteiger partial charge in [0, 0.05) is 36.0 Å². The SMILES string of the molecule is Cc1ccccc1Sc1ccc(C(=O)c2nccn2C)cc1[N+](=O)[O-]. The monoisotopic (exact) mass is 353 g/mol. The molecule has 0 bridgehead atoms. The van der Waals surface area contributed by atoms with E-state index in [4.69, 9.17) is 0 Å². The summed E-state index contributed by atoms with van der Waals surface area (Å²) in [4.78, 5) is 29.0. The number of aryl methyl sites for hydroxylation is 2. The van der Waals surface area contributed by atoms with E-state index in [9.17, 15) is 14.9 Å². The molecule has 1 heterocycles. The van der Waals surface area contributed by atoms with E-state index in [-0.39, 0.29) is 22.9 Å². The molecule has 1 aromatic heterocycles. The van der Waals surface area contributed by atoms with Gasteiger partial charge in [0.25, 0.3) is 5.69 Å². The Hall–Kier alpha value is -2.93. The van der Waals surface area contributed by atoms with Crippen LogP contribution in [0.2, 0.25) is 0 Å². The van der Waals surface area contributed by atoms with Crippen molar-refractivity contribution in [1.29, 1.82) is 0 Å². The molecule has 0 aliphatic rings. The summed E-state index contributed by atoms with van der Waals surface area (Å²) in [6, 6.07) is 12.2. The molecule has 7 heteroatoms. The molecule has 0 unspecified atom stereocenters. The molecule has 0 spiro atoms. The quantitative estimate of drug-likeness (QED) is 0.393. The number of benzene rings is 2. The number of imidazole rings is 1. The Morgan fingerprint density at radius 2 is 1.96 bits per heavy atom. The van der Waals surface area contributed by atoms with Gasteiger partial charge in [-0.2, -0.15) is 0 Å². The van der Waals surface area contributed by atoms with Crippen molar-refractivity contribution >= 4 is 23.2 Å². The van der Waals surface area contributed by atoms with Crippen LogP contribution in [0.4, 0.5) is 5.69 Å². The predicted octanol–water partition coefficient (Wildman–Crippen LogP) is 4.02. The number of nitrogens with zero attached hydrogens (tertiary/aromatic N) is 3. The van der Waals surface area contributed by atoms with Gasteiger partial charge in [-0.15, -0.1) is 0 Å². The van der Waals surface area contributed by atoms with Crippen LogP contribution >= 0.6 is 11.8 Å². The summed E-state index contributed by atoms with van der Waals surface area (Å²) in [5.41, 5.74) is 1.19. The van der Waals surface area contributed by atoms with Gasteiger partial charge in [0.05, 0.1) is 9.82 Å². The maximum Gasteiger partial charge on any atom is 0.283 e. The van der Waals surface area contributed by atoms with E-state index in [0.29, 0.717) is 4.90 Å². The summed E-state index contributed by atoms with van der Waals surface area (Å²) >= 11 is 1.32. The average Bonchev–Trinajstić information content (AvgIpc) is 3.02. The molecular weight excluding hydrogens is 338 g/mol. The van der Waals surface area contributed by atoms with Crippen LogP contribution < -0.4 is 0 Å². The first kappa shape index (κ1) is 16.9. The van der Waals surface area contributed by atoms with Gasteiger partial charge in [-0.3, -0.25) is 14.9 Å². The zero-order valence-electron chi connectivity index (χ0n) is 13.7. The highest BCUT2D eigenvalue weighted by molar-refractivity contribution is 7.99. The topological polar surface area (TPSA) is 78.0 Å². The Morgan fingerprint density at radius 3 is 2.60 bits per heavy atom. The smallest absolute Gasteiger partial charge is 0.283 e. The molecule has 0 radical (unpaired) electrons. The number of hydrogen-bond donors (Lipinski definition) is 0. The standard InChI is InChI=1S/C18H15N3O3S/c1-12-5-3-4-6-15(12)25-16-8-7-13(11-14(16)21(23)24)17(22)18-19-9-10-20(18)2/h3-11H,1-2H3. The van der Waals surface area contributed by atoms with Gasteiger partial charge >= 0.3 is 0 Å². The summed E-state index contributed by atoms with van der Waals surface area (Å²) in [6.45, 7) is 1.95. The third-order valence-corrected chi connectivity index (χ3v) is 5.00. The first-order chi connectivity index (χ1) is 12.0. The summed E-state index contributed by atoms with van der Waals surface area (Å²) < 4.78 is 1.59. The zero-order chi connectivity index (χ0) is 18.0. The molecule has 0 N–H and O–H groups in total. The third-order valence-electron chi connectivity index (χ3n) is 3.76. The Balaban J connectivity index is 1.99. The molecule has 126 valence electrons. The molecule has 25 heavy (non-hydrogen) atoms. The fraction of sp³-hybridized carbons (Fsp3) is 0.111. The average molecular weight is 353 g/mol. The minimum atomic E-state index is -0.462. The molecule has 3 aromatic rings. The highest BCUT2D eigenvalue weighted by Crippen LogP contribution is 2.37. The second kappa shape index (κ2) is 6.90. The second-order valence-electron chi connectivity index (χ2n) is 5.50. The van der Waals surface area contributed by atoms with E-state index in [1.807, 2.05) is 31.2 Å². The number of hydrogen-bond acceptors (Lipinski definition) is 5. The normalized spacial score (nSPS) is 10.6. The van der Waals surface area contributed by atoms with Crippen LogP contribution in [0.5, 0.6) is 0 Å². The number of rotatable bonds is 5. The van der Waals surface area contributed by atoms with E-state index in [0.717, 1.165) is 10.5 Å². The molecule has 0 saturated heterocycles. The molecule has 0 saturated carbocycles. The van der Waals surface area contributed by atoms with Crippen molar-refractivity contribution in [2.45, 2.75) is 16.7 Å². The number of nitro groups is 1. The Kier molecular flexibility index (Phi) is 4.67. The van der Waals surface area contributed by atoms with Crippen LogP contribution in [0.15, 0.2) is 64.6 Å². The van der Waals surface area contributed by atoms with Gasteiger partial charge < -0.3 is 4.57 Å². The van der Waals surface area contributed by atoms with Gasteiger partial charge in [-0.1, -0.05) is 30.0 Å². The minimum absolute atomic E-state index is 0.0895. The van der Waals surface area contributed by atoms with Crippen LogP contribution in [0, 0.1) is 17.0 Å². The van der Waals surface area contributed by atoms with E-state index < -0.39 is 4.92 Å². The molecule has 0 amide bonds. The van der Waals surface area contributed by atoms with Gasteiger partial charge in [-0.25, -0.2) is 4.98 Å². The molecule has 6 nitrogen and oxygen atoms in total. The van der Waals surface area contributed by atoms with Crippen molar-refractivity contribution in [3.8, 4) is 0 Å². The van der Waals surface area contributed by atoms with Crippen molar-refractivity contribution in [3.05, 3.63) is 81.9 Å². The van der Waals surface area contributed by atoms with Gasteiger partial charge in [0.2, 0.25) is 5.78 Å². The third kappa shape index (κ3) is 3.46. The molecule has 2 aromatic carbocycles.